The van der Waals surface area contributed by atoms with Crippen LogP contribution in [0.3, 0.4) is 0 Å². The Balaban J connectivity index is 2.65. The highest BCUT2D eigenvalue weighted by Gasteiger charge is 2.11. The van der Waals surface area contributed by atoms with E-state index in [1.807, 2.05) is 5.32 Å². The van der Waals surface area contributed by atoms with Crippen LogP contribution in [0.2, 0.25) is 0 Å². The van der Waals surface area contributed by atoms with Crippen molar-refractivity contribution < 1.29 is 19.0 Å². The van der Waals surface area contributed by atoms with Crippen LogP contribution in [0.15, 0.2) is 24.5 Å². The van der Waals surface area contributed by atoms with Gasteiger partial charge in [0, 0.05) is 12.1 Å². The third kappa shape index (κ3) is 3.37. The first-order chi connectivity index (χ1) is 7.49. The van der Waals surface area contributed by atoms with E-state index in [1.165, 1.54) is 29.1 Å². The molecule has 0 atom stereocenters. The van der Waals surface area contributed by atoms with Crippen LogP contribution in [0.4, 0.5) is 4.79 Å². The Morgan fingerprint density at radius 3 is 2.19 bits per heavy atom. The molecule has 1 rings (SSSR count). The third-order valence-corrected chi connectivity index (χ3v) is 1.76. The van der Waals surface area contributed by atoms with Crippen LogP contribution in [0.1, 0.15) is 10.4 Å². The van der Waals surface area contributed by atoms with Gasteiger partial charge in [0.15, 0.2) is 12.4 Å². The molecule has 0 aliphatic carbocycles. The van der Waals surface area contributed by atoms with E-state index in [4.69, 9.17) is 11.5 Å². The number of urea groups is 1. The minimum atomic E-state index is -0.903. The summed E-state index contributed by atoms with van der Waals surface area (Å²) in [5, 5.41) is 1.92. The van der Waals surface area contributed by atoms with Crippen molar-refractivity contribution in [1.82, 2.24) is 5.32 Å². The van der Waals surface area contributed by atoms with Gasteiger partial charge >= 0.3 is 6.03 Å². The molecule has 0 saturated heterocycles. The highest BCUT2D eigenvalue weighted by Crippen LogP contribution is 1.92. The van der Waals surface area contributed by atoms with Crippen molar-refractivity contribution in [2.45, 2.75) is 6.54 Å². The van der Waals surface area contributed by atoms with Gasteiger partial charge in [0.2, 0.25) is 12.5 Å². The molecule has 0 fully saturated rings. The Morgan fingerprint density at radius 1 is 1.19 bits per heavy atom. The second-order valence-electron chi connectivity index (χ2n) is 3.04. The lowest BCUT2D eigenvalue weighted by Crippen LogP contribution is -2.45. The summed E-state index contributed by atoms with van der Waals surface area (Å²) in [4.78, 5) is 32.2. The van der Waals surface area contributed by atoms with Crippen LogP contribution in [-0.2, 0) is 11.3 Å². The summed E-state index contributed by atoms with van der Waals surface area (Å²) in [6.07, 6.45) is 3.00. The fourth-order valence-corrected chi connectivity index (χ4v) is 1.07. The number of primary amides is 2. The summed E-state index contributed by atoms with van der Waals surface area (Å²) >= 11 is 0. The first kappa shape index (κ1) is 11.6. The molecule has 5 N–H and O–H groups in total. The molecule has 0 aliphatic rings. The number of rotatable bonds is 3. The maximum Gasteiger partial charge on any atom is 0.319 e. The maximum atomic E-state index is 11.1. The van der Waals surface area contributed by atoms with Crippen LogP contribution < -0.4 is 21.4 Å². The molecule has 0 spiro atoms. The Hall–Kier alpha value is -2.44. The normalized spacial score (nSPS) is 9.50. The van der Waals surface area contributed by atoms with Crippen LogP contribution >= 0.6 is 0 Å². The van der Waals surface area contributed by atoms with Gasteiger partial charge in [-0.25, -0.2) is 4.79 Å². The minimum Gasteiger partial charge on any atom is -0.366 e. The Morgan fingerprint density at radius 2 is 1.75 bits per heavy atom. The molecule has 1 aromatic heterocycles. The second-order valence-corrected chi connectivity index (χ2v) is 3.04. The van der Waals surface area contributed by atoms with Crippen molar-refractivity contribution in [3.05, 3.63) is 30.1 Å². The van der Waals surface area contributed by atoms with Crippen molar-refractivity contribution in [3.63, 3.8) is 0 Å². The lowest BCUT2D eigenvalue weighted by molar-refractivity contribution is -0.684. The average Bonchev–Trinajstić information content (AvgIpc) is 2.16. The highest BCUT2D eigenvalue weighted by molar-refractivity contribution is 5.93. The van der Waals surface area contributed by atoms with Crippen LogP contribution in [0.25, 0.3) is 0 Å². The van der Waals surface area contributed by atoms with Gasteiger partial charge in [0.05, 0.1) is 5.56 Å². The fourth-order valence-electron chi connectivity index (χ4n) is 1.07. The molecule has 0 radical (unpaired) electrons. The number of nitrogens with two attached hydrogens (primary N) is 2. The summed E-state index contributed by atoms with van der Waals surface area (Å²) < 4.78 is 1.48. The van der Waals surface area contributed by atoms with Crippen LogP contribution in [-0.4, -0.2) is 17.8 Å². The number of nitrogens with one attached hydrogen (secondary N) is 1. The van der Waals surface area contributed by atoms with Gasteiger partial charge in [-0.3, -0.25) is 14.9 Å². The van der Waals surface area contributed by atoms with E-state index in [9.17, 15) is 14.4 Å². The van der Waals surface area contributed by atoms with E-state index in [0.717, 1.165) is 0 Å². The van der Waals surface area contributed by atoms with E-state index in [0.29, 0.717) is 5.56 Å². The number of hydrogen-bond acceptors (Lipinski definition) is 3. The third-order valence-electron chi connectivity index (χ3n) is 1.76. The van der Waals surface area contributed by atoms with Crippen molar-refractivity contribution in [2.75, 3.05) is 0 Å². The Kier molecular flexibility index (Phi) is 3.54. The molecular formula is C9H11N4O3+. The summed E-state index contributed by atoms with van der Waals surface area (Å²) in [6.45, 7) is -0.0675. The van der Waals surface area contributed by atoms with Gasteiger partial charge in [0.25, 0.3) is 5.91 Å². The predicted octanol–water partition coefficient (Wildman–Crippen LogP) is -1.73. The van der Waals surface area contributed by atoms with Crippen LogP contribution in [0, 0.1) is 0 Å². The molecule has 16 heavy (non-hydrogen) atoms. The summed E-state index contributed by atoms with van der Waals surface area (Å²) in [7, 11) is 0. The molecular weight excluding hydrogens is 212 g/mol. The molecule has 0 bridgehead atoms. The van der Waals surface area contributed by atoms with Gasteiger partial charge in [-0.2, -0.15) is 4.57 Å². The summed E-state index contributed by atoms with van der Waals surface area (Å²) in [5.41, 5.74) is 10.2. The number of pyridine rings is 1. The smallest absolute Gasteiger partial charge is 0.319 e. The number of imide groups is 1. The van der Waals surface area contributed by atoms with E-state index >= 15 is 0 Å². The zero-order chi connectivity index (χ0) is 12.1. The fraction of sp³-hybridized carbons (Fsp3) is 0.111. The van der Waals surface area contributed by atoms with Gasteiger partial charge in [-0.1, -0.05) is 0 Å². The largest absolute Gasteiger partial charge is 0.366 e. The van der Waals surface area contributed by atoms with E-state index in [-0.39, 0.29) is 6.54 Å². The summed E-state index contributed by atoms with van der Waals surface area (Å²) in [6, 6.07) is 2.04. The van der Waals surface area contributed by atoms with Crippen molar-refractivity contribution >= 4 is 17.8 Å². The number of carbonyl (C=O) groups is 3. The van der Waals surface area contributed by atoms with Gasteiger partial charge in [-0.15, -0.1) is 0 Å². The lowest BCUT2D eigenvalue weighted by Gasteiger charge is -1.98. The number of amides is 4. The molecule has 0 aromatic carbocycles. The highest BCUT2D eigenvalue weighted by atomic mass is 16.2. The molecule has 0 unspecified atom stereocenters. The average molecular weight is 223 g/mol. The SMILES string of the molecule is NC(=O)NC(=O)C[n+]1ccc(C(N)=O)cc1. The zero-order valence-corrected chi connectivity index (χ0v) is 8.34. The molecule has 1 heterocycles. The second kappa shape index (κ2) is 4.87. The molecule has 84 valence electrons. The van der Waals surface area contributed by atoms with Crippen molar-refractivity contribution in [3.8, 4) is 0 Å². The molecule has 7 nitrogen and oxygen atoms in total. The standard InChI is InChI=1S/C9H10N4O3/c10-8(15)6-1-3-13(4-2-6)5-7(14)12-9(11)16/h1-4H,5H2,(H4-,10,11,12,14,15,16)/p+1. The van der Waals surface area contributed by atoms with E-state index < -0.39 is 17.8 Å². The molecule has 4 amide bonds. The number of aromatic nitrogens is 1. The topological polar surface area (TPSA) is 119 Å². The first-order valence-electron chi connectivity index (χ1n) is 4.37. The summed E-state index contributed by atoms with van der Waals surface area (Å²) in [5.74, 6) is -1.09. The quantitative estimate of drug-likeness (QED) is 0.528. The van der Waals surface area contributed by atoms with Crippen LogP contribution in [0.5, 0.6) is 0 Å². The minimum absolute atomic E-state index is 0.0675. The van der Waals surface area contributed by atoms with Gasteiger partial charge in [-0.05, 0) is 0 Å². The monoisotopic (exact) mass is 223 g/mol. The molecule has 7 heteroatoms. The molecule has 1 aromatic rings. The van der Waals surface area contributed by atoms with Gasteiger partial charge in [0.1, 0.15) is 0 Å². The van der Waals surface area contributed by atoms with Crippen molar-refractivity contribution in [1.29, 1.82) is 0 Å². The lowest BCUT2D eigenvalue weighted by atomic mass is 10.2. The van der Waals surface area contributed by atoms with Crippen molar-refractivity contribution in [2.24, 2.45) is 11.5 Å². The van der Waals surface area contributed by atoms with E-state index in [1.54, 1.807) is 0 Å². The maximum absolute atomic E-state index is 11.1. The van der Waals surface area contributed by atoms with E-state index in [2.05, 4.69) is 0 Å². The zero-order valence-electron chi connectivity index (χ0n) is 8.34. The first-order valence-corrected chi connectivity index (χ1v) is 4.37. The predicted molar refractivity (Wildman–Crippen MR) is 52.9 cm³/mol. The number of carbonyl (C=O) groups excluding carboxylic acids is 3. The molecule has 0 aliphatic heterocycles. The molecule has 0 saturated carbocycles. The number of hydrogen-bond donors (Lipinski definition) is 3. The Labute approximate surface area is 91.0 Å². The van der Waals surface area contributed by atoms with Gasteiger partial charge < -0.3 is 11.5 Å². The Bertz CT molecular complexity index is 427. The number of nitrogens with zero attached hydrogens (tertiary/aromatic N) is 1.